The van der Waals surface area contributed by atoms with Crippen LogP contribution in [0.4, 0.5) is 0 Å². The molecule has 0 spiro atoms. The molecule has 0 nitrogen and oxygen atoms in total. The van der Waals surface area contributed by atoms with Gasteiger partial charge in [-0.05, 0) is 0 Å². The van der Waals surface area contributed by atoms with Gasteiger partial charge in [-0.1, -0.05) is 0 Å². The zero-order chi connectivity index (χ0) is 3.58. The van der Waals surface area contributed by atoms with Crippen LogP contribution >= 0.6 is 30.3 Å². The van der Waals surface area contributed by atoms with Gasteiger partial charge in [0.2, 0.25) is 0 Å². The number of hydrogen-bond donors (Lipinski definition) is 0. The molecule has 0 aliphatic rings. The Balaban J connectivity index is 0. The van der Waals surface area contributed by atoms with Gasteiger partial charge < -0.3 is 0 Å². The minimum absolute atomic E-state index is 0. The second-order valence-electron chi connectivity index (χ2n) is 0.152. The van der Waals surface area contributed by atoms with E-state index in [9.17, 15) is 0 Å². The van der Waals surface area contributed by atoms with Gasteiger partial charge in [-0.25, -0.2) is 0 Å². The van der Waals surface area contributed by atoms with E-state index in [-0.39, 0.29) is 1.43 Å². The largest absolute Gasteiger partial charge is 1.00 e. The molecule has 0 aromatic heterocycles. The number of halogens is 3. The van der Waals surface area contributed by atoms with E-state index in [1.165, 1.54) is 0 Å². The van der Waals surface area contributed by atoms with Gasteiger partial charge in [0.15, 0.2) is 0 Å². The van der Waals surface area contributed by atoms with E-state index in [4.69, 9.17) is 30.3 Å². The predicted molar refractivity (Wildman–Crippen MR) is 18.7 cm³/mol. The molecule has 29 valence electrons. The molecule has 0 aliphatic heterocycles. The molecule has 0 fully saturated rings. The van der Waals surface area contributed by atoms with E-state index in [0.29, 0.717) is 0 Å². The fourth-order valence-corrected chi connectivity index (χ4v) is 0. The molecule has 0 heterocycles. The van der Waals surface area contributed by atoms with E-state index in [0.717, 1.165) is 0 Å². The van der Waals surface area contributed by atoms with Crippen molar-refractivity contribution in [2.24, 2.45) is 0 Å². The van der Waals surface area contributed by atoms with Crippen LogP contribution in [-0.4, -0.2) is 0 Å². The maximum absolute atomic E-state index is 4.89. The molecule has 0 saturated heterocycles. The van der Waals surface area contributed by atoms with E-state index >= 15 is 0 Å². The van der Waals surface area contributed by atoms with Crippen molar-refractivity contribution in [3.8, 4) is 0 Å². The standard InChI is InChI=1S/3ClH.Fe/h3*1H;/q;;;+3/p-2. The third-order valence-corrected chi connectivity index (χ3v) is 0. The smallest absolute Gasteiger partial charge is 1.00 e. The van der Waals surface area contributed by atoms with E-state index in [1.54, 1.807) is 0 Å². The fraction of sp³-hybridized carbons (Fsp3) is 0. The van der Waals surface area contributed by atoms with Crippen LogP contribution in [-0.2, 0) is 11.2 Å². The van der Waals surface area contributed by atoms with Crippen LogP contribution in [0.2, 0.25) is 0 Å². The molecule has 0 aromatic carbocycles. The van der Waals surface area contributed by atoms with Gasteiger partial charge in [0.1, 0.15) is 0 Å². The summed E-state index contributed by atoms with van der Waals surface area (Å²) in [5.41, 5.74) is 0. The Morgan fingerprint density at radius 3 is 1.25 bits per heavy atom. The van der Waals surface area contributed by atoms with E-state index in [2.05, 4.69) is 0 Å². The summed E-state index contributed by atoms with van der Waals surface area (Å²) in [5, 5.41) is 0. The quantitative estimate of drug-likeness (QED) is 0.480. The van der Waals surface area contributed by atoms with Crippen LogP contribution in [0, 0.1) is 0 Å². The van der Waals surface area contributed by atoms with Gasteiger partial charge in [0.25, 0.3) is 0 Å². The normalized spacial score (nSPS) is 11.2. The van der Waals surface area contributed by atoms with Crippen molar-refractivity contribution in [2.45, 2.75) is 0 Å². The molecule has 0 aliphatic carbocycles. The summed E-state index contributed by atoms with van der Waals surface area (Å²) < 4.78 is 0. The maximum Gasteiger partial charge on any atom is 1.00 e. The third kappa shape index (κ3) is 10.0. The summed E-state index contributed by atoms with van der Waals surface area (Å²) in [6.07, 6.45) is 0. The van der Waals surface area contributed by atoms with Crippen molar-refractivity contribution >= 4 is 30.3 Å². The van der Waals surface area contributed by atoms with Gasteiger partial charge >= 0.3 is 42.9 Å². The average molecular weight is 163 g/mol. The van der Waals surface area contributed by atoms with Crippen LogP contribution in [0.1, 0.15) is 1.43 Å². The monoisotopic (exact) mass is 162 g/mol. The Labute approximate surface area is 43.1 Å². The van der Waals surface area contributed by atoms with Crippen molar-refractivity contribution in [3.05, 3.63) is 0 Å². The first-order valence-electron chi connectivity index (χ1n) is 0.401. The molecule has 0 atom stereocenters. The second-order valence-corrected chi connectivity index (χ2v) is 5.62. The summed E-state index contributed by atoms with van der Waals surface area (Å²) in [6.45, 7) is 0. The fourth-order valence-electron chi connectivity index (χ4n) is 0. The summed E-state index contributed by atoms with van der Waals surface area (Å²) >= 11 is -1.33. The molecule has 4 heavy (non-hydrogen) atoms. The van der Waals surface area contributed by atoms with Gasteiger partial charge in [0, 0.05) is 0 Å². The first-order chi connectivity index (χ1) is 1.73. The van der Waals surface area contributed by atoms with Crippen molar-refractivity contribution in [1.29, 1.82) is 0 Å². The molecule has 0 N–H and O–H groups in total. The Bertz CT molecular complexity index is 11.6. The molecule has 4 heteroatoms. The number of rotatable bonds is 0. The maximum atomic E-state index is 4.89. The van der Waals surface area contributed by atoms with Gasteiger partial charge in [-0.15, -0.1) is 0 Å². The molecule has 0 rings (SSSR count). The van der Waals surface area contributed by atoms with Gasteiger partial charge in [-0.2, -0.15) is 0 Å². The van der Waals surface area contributed by atoms with Crippen molar-refractivity contribution < 1.29 is 12.6 Å². The first-order valence-corrected chi connectivity index (χ1v) is 4.96. The Kier molecular flexibility index (Phi) is 3.53. The molecule has 0 bridgehead atoms. The number of hydrogen-bond acceptors (Lipinski definition) is 0. The summed E-state index contributed by atoms with van der Waals surface area (Å²) in [5.74, 6) is 0. The minimum atomic E-state index is -1.33. The van der Waals surface area contributed by atoms with Crippen LogP contribution < -0.4 is 0 Å². The molecule has 0 unspecified atom stereocenters. The van der Waals surface area contributed by atoms with Gasteiger partial charge in [0.05, 0.1) is 0 Å². The SMILES string of the molecule is [Cl][Fe]([Cl])[Cl].[H+]. The zero-order valence-electron chi connectivity index (χ0n) is 2.49. The topological polar surface area (TPSA) is 0 Å². The Morgan fingerprint density at radius 2 is 1.25 bits per heavy atom. The Morgan fingerprint density at radius 1 is 1.25 bits per heavy atom. The van der Waals surface area contributed by atoms with Crippen molar-refractivity contribution in [3.63, 3.8) is 0 Å². The summed E-state index contributed by atoms with van der Waals surface area (Å²) in [6, 6.07) is 0. The van der Waals surface area contributed by atoms with Crippen molar-refractivity contribution in [2.75, 3.05) is 0 Å². The molecule has 0 radical (unpaired) electrons. The van der Waals surface area contributed by atoms with Gasteiger partial charge in [-0.3, -0.25) is 0 Å². The van der Waals surface area contributed by atoms with Crippen LogP contribution in [0.15, 0.2) is 0 Å². The van der Waals surface area contributed by atoms with Crippen LogP contribution in [0.5, 0.6) is 0 Å². The van der Waals surface area contributed by atoms with E-state index in [1.807, 2.05) is 0 Å². The average Bonchev–Trinajstić information content (AvgIpc) is 0.811. The molecular weight excluding hydrogens is 162 g/mol. The summed E-state index contributed by atoms with van der Waals surface area (Å²) in [4.78, 5) is 0. The summed E-state index contributed by atoms with van der Waals surface area (Å²) in [7, 11) is 14.7. The zero-order valence-corrected chi connectivity index (χ0v) is 4.86. The molecular formula is HCl3Fe+. The van der Waals surface area contributed by atoms with E-state index < -0.39 is 11.2 Å². The Hall–Kier alpha value is 1.39. The molecule has 0 aromatic rings. The third-order valence-electron chi connectivity index (χ3n) is 0. The first kappa shape index (κ1) is 5.39. The van der Waals surface area contributed by atoms with Crippen LogP contribution in [0.25, 0.3) is 0 Å². The predicted octanol–water partition coefficient (Wildman–Crippen LogP) is 2.18. The minimum Gasteiger partial charge on any atom is 1.00 e. The molecule has 0 amide bonds. The second kappa shape index (κ2) is 2.62. The van der Waals surface area contributed by atoms with Crippen LogP contribution in [0.3, 0.4) is 0 Å². The van der Waals surface area contributed by atoms with Crippen molar-refractivity contribution in [1.82, 2.24) is 0 Å². The molecule has 0 saturated carbocycles.